The Bertz CT molecular complexity index is 865. The van der Waals surface area contributed by atoms with Crippen LogP contribution in [0.4, 0.5) is 0 Å². The molecule has 24 heavy (non-hydrogen) atoms. The van der Waals surface area contributed by atoms with Crippen LogP contribution in [-0.4, -0.2) is 78.8 Å². The Labute approximate surface area is 151 Å². The fraction of sp³-hybridized carbons (Fsp3) is 0.833. The lowest BCUT2D eigenvalue weighted by Gasteiger charge is -2.34. The maximum absolute atomic E-state index is 12.6. The highest BCUT2D eigenvalue weighted by Crippen LogP contribution is 2.23. The predicted molar refractivity (Wildman–Crippen MR) is 94.8 cm³/mol. The highest BCUT2D eigenvalue weighted by molar-refractivity contribution is 7.95. The van der Waals surface area contributed by atoms with Crippen molar-refractivity contribution < 1.29 is 16.8 Å². The van der Waals surface area contributed by atoms with Crippen molar-refractivity contribution in [2.24, 2.45) is 0 Å². The highest BCUT2D eigenvalue weighted by atomic mass is 32.2. The molecule has 136 valence electrons. The van der Waals surface area contributed by atoms with Gasteiger partial charge >= 0.3 is 0 Å². The number of aromatic nitrogens is 2. The van der Waals surface area contributed by atoms with E-state index in [0.29, 0.717) is 36.8 Å². The summed E-state index contributed by atoms with van der Waals surface area (Å²) in [5.41, 5.74) is 0. The smallest absolute Gasteiger partial charge is 0.218 e. The van der Waals surface area contributed by atoms with E-state index in [-0.39, 0.29) is 17.9 Å². The van der Waals surface area contributed by atoms with Crippen LogP contribution >= 0.6 is 23.6 Å². The molecule has 2 aliphatic heterocycles. The van der Waals surface area contributed by atoms with E-state index in [0.717, 1.165) is 5.01 Å². The molecule has 1 aromatic heterocycles. The van der Waals surface area contributed by atoms with E-state index in [9.17, 15) is 16.8 Å². The molecule has 1 aromatic rings. The largest absolute Gasteiger partial charge is 0.282 e. The van der Waals surface area contributed by atoms with Crippen LogP contribution in [0.15, 0.2) is 0 Å². The van der Waals surface area contributed by atoms with Gasteiger partial charge in [0.1, 0.15) is 5.01 Å². The second-order valence-electron chi connectivity index (χ2n) is 6.12. The van der Waals surface area contributed by atoms with Crippen LogP contribution in [0.25, 0.3) is 0 Å². The molecule has 2 aliphatic rings. The molecule has 8 nitrogen and oxygen atoms in total. The van der Waals surface area contributed by atoms with Gasteiger partial charge in [0, 0.05) is 26.2 Å². The molecule has 0 aromatic carbocycles. The van der Waals surface area contributed by atoms with Crippen LogP contribution in [0.3, 0.4) is 0 Å². The standard InChI is InChI=1S/C12H20N4O4S4/c1-10-13-16(12(21)22-10)9-14-3-5-15(6-4-14)24(19,20)11-2-7-23(17,18)8-11/h11H,2-9H2,1H3. The summed E-state index contributed by atoms with van der Waals surface area (Å²) >= 11 is 6.70. The molecule has 0 saturated carbocycles. The SMILES string of the molecule is Cc1nn(CN2CCN(S(=O)(=O)C3CCS(=O)(=O)C3)CC2)c(=S)s1. The second kappa shape index (κ2) is 6.72. The van der Waals surface area contributed by atoms with Gasteiger partial charge in [0.05, 0.1) is 23.4 Å². The molecule has 12 heteroatoms. The fourth-order valence-electron chi connectivity index (χ4n) is 3.02. The summed E-state index contributed by atoms with van der Waals surface area (Å²) in [5, 5.41) is 4.46. The third kappa shape index (κ3) is 3.88. The fourth-order valence-corrected chi connectivity index (χ4v) is 8.59. The van der Waals surface area contributed by atoms with Gasteiger partial charge in [-0.05, 0) is 25.6 Å². The summed E-state index contributed by atoms with van der Waals surface area (Å²) in [6.07, 6.45) is 0.206. The summed E-state index contributed by atoms with van der Waals surface area (Å²) in [6, 6.07) is 0. The third-order valence-corrected chi connectivity index (χ3v) is 9.88. The predicted octanol–water partition coefficient (Wildman–Crippen LogP) is 0.0745. The van der Waals surface area contributed by atoms with Gasteiger partial charge in [-0.1, -0.05) is 11.3 Å². The van der Waals surface area contributed by atoms with Crippen molar-refractivity contribution in [3.05, 3.63) is 8.96 Å². The Morgan fingerprint density at radius 2 is 1.96 bits per heavy atom. The third-order valence-electron chi connectivity index (χ3n) is 4.34. The van der Waals surface area contributed by atoms with Crippen LogP contribution in [0.2, 0.25) is 0 Å². The van der Waals surface area contributed by atoms with E-state index in [1.807, 2.05) is 6.92 Å². The van der Waals surface area contributed by atoms with Gasteiger partial charge in [-0.15, -0.1) is 0 Å². The van der Waals surface area contributed by atoms with Gasteiger partial charge in [-0.25, -0.2) is 21.5 Å². The van der Waals surface area contributed by atoms with E-state index in [1.54, 1.807) is 4.68 Å². The first kappa shape index (κ1) is 18.4. The van der Waals surface area contributed by atoms with E-state index >= 15 is 0 Å². The van der Waals surface area contributed by atoms with Crippen LogP contribution in [-0.2, 0) is 26.5 Å². The minimum Gasteiger partial charge on any atom is -0.282 e. The number of rotatable bonds is 4. The zero-order valence-corrected chi connectivity index (χ0v) is 16.6. The molecule has 0 radical (unpaired) electrons. The molecule has 1 atom stereocenters. The summed E-state index contributed by atoms with van der Waals surface area (Å²) < 4.78 is 52.2. The molecule has 3 heterocycles. The summed E-state index contributed by atoms with van der Waals surface area (Å²) in [6.45, 7) is 4.35. The first-order valence-electron chi connectivity index (χ1n) is 7.64. The molecule has 3 rings (SSSR count). The zero-order chi connectivity index (χ0) is 17.5. The minimum atomic E-state index is -3.55. The molecular formula is C12H20N4O4S4. The van der Waals surface area contributed by atoms with Crippen LogP contribution in [0.5, 0.6) is 0 Å². The minimum absolute atomic E-state index is 0.0295. The molecule has 2 saturated heterocycles. The molecule has 1 unspecified atom stereocenters. The molecule has 0 amide bonds. The van der Waals surface area contributed by atoms with Crippen LogP contribution in [0, 0.1) is 10.9 Å². The number of piperazine rings is 1. The Morgan fingerprint density at radius 1 is 1.29 bits per heavy atom. The van der Waals surface area contributed by atoms with Gasteiger partial charge in [-0.2, -0.15) is 9.40 Å². The van der Waals surface area contributed by atoms with Gasteiger partial charge in [0.15, 0.2) is 13.8 Å². The summed E-state index contributed by atoms with van der Waals surface area (Å²) in [7, 11) is -6.76. The van der Waals surface area contributed by atoms with Crippen LogP contribution in [0.1, 0.15) is 11.4 Å². The lowest BCUT2D eigenvalue weighted by Crippen LogP contribution is -2.51. The number of sulfonamides is 1. The summed E-state index contributed by atoms with van der Waals surface area (Å²) in [4.78, 5) is 2.10. The van der Waals surface area contributed by atoms with Crippen molar-refractivity contribution in [3.8, 4) is 0 Å². The van der Waals surface area contributed by atoms with Gasteiger partial charge in [0.2, 0.25) is 10.0 Å². The molecule has 0 spiro atoms. The highest BCUT2D eigenvalue weighted by Gasteiger charge is 2.41. The molecular weight excluding hydrogens is 392 g/mol. The van der Waals surface area contributed by atoms with Crippen molar-refractivity contribution in [3.63, 3.8) is 0 Å². The molecule has 0 N–H and O–H groups in total. The van der Waals surface area contributed by atoms with Crippen molar-refractivity contribution in [1.29, 1.82) is 0 Å². The first-order chi connectivity index (χ1) is 11.2. The van der Waals surface area contributed by atoms with E-state index in [4.69, 9.17) is 12.2 Å². The monoisotopic (exact) mass is 412 g/mol. The van der Waals surface area contributed by atoms with Gasteiger partial charge in [0.25, 0.3) is 0 Å². The lowest BCUT2D eigenvalue weighted by molar-refractivity contribution is 0.144. The van der Waals surface area contributed by atoms with Crippen molar-refractivity contribution in [1.82, 2.24) is 19.0 Å². The maximum Gasteiger partial charge on any atom is 0.218 e. The average molecular weight is 413 g/mol. The Hall–Kier alpha value is -0.400. The quantitative estimate of drug-likeness (QED) is 0.646. The number of nitrogens with zero attached hydrogens (tertiary/aromatic N) is 4. The van der Waals surface area contributed by atoms with Crippen molar-refractivity contribution >= 4 is 43.4 Å². The Balaban J connectivity index is 1.60. The maximum atomic E-state index is 12.6. The average Bonchev–Trinajstić information content (AvgIpc) is 3.02. The number of hydrogen-bond acceptors (Lipinski definition) is 8. The van der Waals surface area contributed by atoms with E-state index < -0.39 is 25.1 Å². The van der Waals surface area contributed by atoms with E-state index in [1.165, 1.54) is 15.6 Å². The van der Waals surface area contributed by atoms with E-state index in [2.05, 4.69) is 10.00 Å². The first-order valence-corrected chi connectivity index (χ1v) is 12.2. The molecule has 0 aliphatic carbocycles. The van der Waals surface area contributed by atoms with Crippen molar-refractivity contribution in [2.45, 2.75) is 25.3 Å². The van der Waals surface area contributed by atoms with Gasteiger partial charge < -0.3 is 0 Å². The molecule has 2 fully saturated rings. The number of sulfone groups is 1. The second-order valence-corrected chi connectivity index (χ2v) is 12.4. The normalized spacial score (nSPS) is 26.0. The summed E-state index contributed by atoms with van der Waals surface area (Å²) in [5.74, 6) is -0.277. The van der Waals surface area contributed by atoms with Crippen LogP contribution < -0.4 is 0 Å². The topological polar surface area (TPSA) is 92.6 Å². The van der Waals surface area contributed by atoms with Crippen molar-refractivity contribution in [2.75, 3.05) is 37.7 Å². The zero-order valence-electron chi connectivity index (χ0n) is 13.3. The lowest BCUT2D eigenvalue weighted by atomic mass is 10.4. The van der Waals surface area contributed by atoms with Gasteiger partial charge in [-0.3, -0.25) is 4.90 Å². The number of aryl methyl sites for hydroxylation is 1. The molecule has 0 bridgehead atoms. The Kier molecular flexibility index (Phi) is 5.15. The number of hydrogen-bond donors (Lipinski definition) is 0. The Morgan fingerprint density at radius 3 is 2.46 bits per heavy atom.